The molecule has 2 aliphatic rings. The predicted octanol–water partition coefficient (Wildman–Crippen LogP) is 6.91. The second-order valence-corrected chi connectivity index (χ2v) is 10.7. The molecule has 0 radical (unpaired) electrons. The van der Waals surface area contributed by atoms with Crippen molar-refractivity contribution in [3.63, 3.8) is 0 Å². The van der Waals surface area contributed by atoms with Gasteiger partial charge < -0.3 is 14.0 Å². The van der Waals surface area contributed by atoms with Crippen molar-refractivity contribution in [3.05, 3.63) is 93.0 Å². The molecule has 11 heteroatoms. The molecular formula is C29H29ClFN7O2. The summed E-state index contributed by atoms with van der Waals surface area (Å²) in [4.78, 5) is 15.0. The Labute approximate surface area is 236 Å². The number of hydrogen-bond donors (Lipinski definition) is 0. The van der Waals surface area contributed by atoms with E-state index in [2.05, 4.69) is 19.5 Å². The van der Waals surface area contributed by atoms with Crippen LogP contribution in [0.5, 0.6) is 5.88 Å². The molecule has 206 valence electrons. The molecule has 40 heavy (non-hydrogen) atoms. The molecule has 2 aromatic heterocycles. The zero-order valence-electron chi connectivity index (χ0n) is 21.9. The summed E-state index contributed by atoms with van der Waals surface area (Å²) in [7, 11) is 0. The largest absolute Gasteiger partial charge is 0.473 e. The third-order valence-electron chi connectivity index (χ3n) is 7.66. The summed E-state index contributed by atoms with van der Waals surface area (Å²) < 4.78 is 27.9. The fourth-order valence-corrected chi connectivity index (χ4v) is 5.51. The summed E-state index contributed by atoms with van der Waals surface area (Å²) in [5, 5.41) is 4.09. The number of likely N-dealkylation sites (tertiary alicyclic amines) is 1. The van der Waals surface area contributed by atoms with Crippen molar-refractivity contribution in [3.8, 4) is 5.88 Å². The van der Waals surface area contributed by atoms with E-state index in [0.717, 1.165) is 74.6 Å². The smallest absolute Gasteiger partial charge is 0.213 e. The number of fused-ring (bicyclic) bond motifs is 1. The molecular weight excluding hydrogens is 533 g/mol. The number of halogens is 2. The van der Waals surface area contributed by atoms with Crippen molar-refractivity contribution in [1.82, 2.24) is 19.4 Å². The highest BCUT2D eigenvalue weighted by molar-refractivity contribution is 6.30. The number of nitrogens with zero attached hydrogens (tertiary/aromatic N) is 7. The van der Waals surface area contributed by atoms with Crippen LogP contribution in [0.3, 0.4) is 0 Å². The molecule has 0 spiro atoms. The number of benzene rings is 2. The van der Waals surface area contributed by atoms with Crippen molar-refractivity contribution >= 4 is 28.3 Å². The molecule has 0 amide bonds. The first kappa shape index (κ1) is 26.5. The molecule has 0 saturated carbocycles. The number of pyridine rings is 1. The Hall–Kier alpha value is -3.69. The molecule has 2 saturated heterocycles. The minimum absolute atomic E-state index is 0.0924. The van der Waals surface area contributed by atoms with E-state index in [4.69, 9.17) is 36.6 Å². The van der Waals surface area contributed by atoms with Crippen LogP contribution >= 0.6 is 11.6 Å². The first-order chi connectivity index (χ1) is 19.6. The number of azide groups is 1. The van der Waals surface area contributed by atoms with Gasteiger partial charge in [0.2, 0.25) is 5.88 Å². The van der Waals surface area contributed by atoms with Crippen LogP contribution in [0, 0.1) is 5.82 Å². The summed E-state index contributed by atoms with van der Waals surface area (Å²) in [6.07, 6.45) is 3.19. The van der Waals surface area contributed by atoms with Gasteiger partial charge in [0.05, 0.1) is 30.2 Å². The maximum absolute atomic E-state index is 14.1. The molecule has 2 fully saturated rings. The van der Waals surface area contributed by atoms with Gasteiger partial charge in [0.1, 0.15) is 18.2 Å². The van der Waals surface area contributed by atoms with Gasteiger partial charge in [0.15, 0.2) is 0 Å². The van der Waals surface area contributed by atoms with Crippen molar-refractivity contribution in [2.75, 3.05) is 19.7 Å². The Bertz CT molecular complexity index is 1560. The molecule has 0 N–H and O–H groups in total. The van der Waals surface area contributed by atoms with E-state index in [9.17, 15) is 4.39 Å². The predicted molar refractivity (Wildman–Crippen MR) is 150 cm³/mol. The Morgan fingerprint density at radius 1 is 1.10 bits per heavy atom. The van der Waals surface area contributed by atoms with Crippen LogP contribution in [-0.2, 0) is 24.4 Å². The zero-order valence-corrected chi connectivity index (χ0v) is 22.7. The summed E-state index contributed by atoms with van der Waals surface area (Å²) in [6.45, 7) is 4.23. The van der Waals surface area contributed by atoms with Crippen molar-refractivity contribution < 1.29 is 13.9 Å². The summed E-state index contributed by atoms with van der Waals surface area (Å²) in [6, 6.07) is 16.0. The van der Waals surface area contributed by atoms with Crippen LogP contribution in [0.2, 0.25) is 5.02 Å². The number of hydrogen-bond acceptors (Lipinski definition) is 6. The lowest BCUT2D eigenvalue weighted by Gasteiger charge is -2.32. The van der Waals surface area contributed by atoms with E-state index < -0.39 is 0 Å². The van der Waals surface area contributed by atoms with Gasteiger partial charge in [-0.05, 0) is 68.2 Å². The van der Waals surface area contributed by atoms with Gasteiger partial charge in [-0.2, -0.15) is 0 Å². The van der Waals surface area contributed by atoms with Crippen LogP contribution in [0.25, 0.3) is 21.5 Å². The van der Waals surface area contributed by atoms with Crippen LogP contribution in [-0.4, -0.2) is 45.2 Å². The van der Waals surface area contributed by atoms with Gasteiger partial charge in [-0.3, -0.25) is 4.90 Å². The average Bonchev–Trinajstić information content (AvgIpc) is 3.27. The molecule has 0 aliphatic carbocycles. The zero-order chi connectivity index (χ0) is 27.5. The summed E-state index contributed by atoms with van der Waals surface area (Å²) in [5.74, 6) is 1.41. The SMILES string of the molecule is [N-]=[N+]=Nc1ccc2c(c1)nc(CN1CCC(c3cccc(OCc4ccc(Cl)cc4F)n3)CC1)n2C[C@@H]1CCO1. The van der Waals surface area contributed by atoms with Crippen LogP contribution < -0.4 is 4.74 Å². The molecule has 0 bridgehead atoms. The van der Waals surface area contributed by atoms with Gasteiger partial charge >= 0.3 is 0 Å². The minimum atomic E-state index is -0.388. The van der Waals surface area contributed by atoms with E-state index in [1.165, 1.54) is 6.07 Å². The first-order valence-corrected chi connectivity index (χ1v) is 13.9. The van der Waals surface area contributed by atoms with E-state index in [1.54, 1.807) is 18.2 Å². The van der Waals surface area contributed by atoms with Crippen LogP contribution in [0.1, 0.15) is 42.3 Å². The minimum Gasteiger partial charge on any atom is -0.473 e. The molecule has 0 unspecified atom stereocenters. The summed E-state index contributed by atoms with van der Waals surface area (Å²) >= 11 is 5.85. The standard InChI is InChI=1S/C29H29ClFN7O2/c30-21-5-4-20(24(31)14-21)18-40-29-3-1-2-25(34-29)19-8-11-37(12-9-19)17-28-33-26-15-22(35-36-32)6-7-27(26)38(28)16-23-10-13-39-23/h1-7,14-15,19,23H,8-13,16-18H2/t23-/m0/s1. The lowest BCUT2D eigenvalue weighted by Crippen LogP contribution is -2.35. The monoisotopic (exact) mass is 561 g/mol. The first-order valence-electron chi connectivity index (χ1n) is 13.5. The highest BCUT2D eigenvalue weighted by atomic mass is 35.5. The van der Waals surface area contributed by atoms with Crippen molar-refractivity contribution in [2.24, 2.45) is 5.11 Å². The summed E-state index contributed by atoms with van der Waals surface area (Å²) in [5.41, 5.74) is 12.7. The number of rotatable bonds is 9. The molecule has 6 rings (SSSR count). The number of ether oxygens (including phenoxy) is 2. The molecule has 2 aliphatic heterocycles. The fourth-order valence-electron chi connectivity index (χ4n) is 5.35. The third kappa shape index (κ3) is 5.90. The maximum Gasteiger partial charge on any atom is 0.213 e. The van der Waals surface area contributed by atoms with E-state index in [-0.39, 0.29) is 18.5 Å². The highest BCUT2D eigenvalue weighted by Crippen LogP contribution is 2.30. The molecule has 1 atom stereocenters. The van der Waals surface area contributed by atoms with Crippen molar-refractivity contribution in [2.45, 2.75) is 51.0 Å². The number of imidazole rings is 1. The second-order valence-electron chi connectivity index (χ2n) is 10.3. The Morgan fingerprint density at radius 2 is 1.95 bits per heavy atom. The van der Waals surface area contributed by atoms with E-state index >= 15 is 0 Å². The maximum atomic E-state index is 14.1. The molecule has 4 heterocycles. The van der Waals surface area contributed by atoms with Crippen LogP contribution in [0.4, 0.5) is 10.1 Å². The van der Waals surface area contributed by atoms with Gasteiger partial charge in [-0.1, -0.05) is 34.9 Å². The molecule has 4 aromatic rings. The lowest BCUT2D eigenvalue weighted by molar-refractivity contribution is -0.0592. The average molecular weight is 562 g/mol. The quantitative estimate of drug-likeness (QED) is 0.125. The van der Waals surface area contributed by atoms with Crippen LogP contribution in [0.15, 0.2) is 59.7 Å². The Kier molecular flexibility index (Phi) is 7.84. The normalized spacial score (nSPS) is 17.9. The second kappa shape index (κ2) is 11.8. The molecule has 9 nitrogen and oxygen atoms in total. The number of aromatic nitrogens is 3. The van der Waals surface area contributed by atoms with Gasteiger partial charge in [0, 0.05) is 45.5 Å². The Morgan fingerprint density at radius 3 is 2.70 bits per heavy atom. The Balaban J connectivity index is 1.10. The van der Waals surface area contributed by atoms with Crippen molar-refractivity contribution in [1.29, 1.82) is 0 Å². The lowest BCUT2D eigenvalue weighted by atomic mass is 9.93. The van der Waals surface area contributed by atoms with E-state index in [1.807, 2.05) is 30.3 Å². The molecule has 2 aromatic carbocycles. The third-order valence-corrected chi connectivity index (χ3v) is 7.89. The number of piperidine rings is 1. The van der Waals surface area contributed by atoms with Gasteiger partial charge in [-0.15, -0.1) is 0 Å². The highest BCUT2D eigenvalue weighted by Gasteiger charge is 2.26. The topological polar surface area (TPSA) is 101 Å². The van der Waals surface area contributed by atoms with Gasteiger partial charge in [0.25, 0.3) is 0 Å². The van der Waals surface area contributed by atoms with E-state index in [0.29, 0.717) is 28.1 Å². The van der Waals surface area contributed by atoms with Gasteiger partial charge in [-0.25, -0.2) is 14.4 Å². The fraction of sp³-hybridized carbons (Fsp3) is 0.379.